The monoisotopic (exact) mass is 551 g/mol. The molecule has 1 aromatic carbocycles. The van der Waals surface area contributed by atoms with E-state index >= 15 is 0 Å². The van der Waals surface area contributed by atoms with Crippen LogP contribution in [0.15, 0.2) is 23.6 Å². The van der Waals surface area contributed by atoms with Gasteiger partial charge in [0.25, 0.3) is 11.6 Å². The van der Waals surface area contributed by atoms with Crippen molar-refractivity contribution in [2.75, 3.05) is 31.1 Å². The van der Waals surface area contributed by atoms with Crippen LogP contribution in [0.1, 0.15) is 35.5 Å². The Hall–Kier alpha value is -2.66. The van der Waals surface area contributed by atoms with Gasteiger partial charge < -0.3 is 14.5 Å². The Morgan fingerprint density at radius 1 is 1.14 bits per heavy atom. The Morgan fingerprint density at radius 2 is 1.78 bits per heavy atom. The van der Waals surface area contributed by atoms with Crippen LogP contribution >= 0.6 is 20.6 Å². The van der Waals surface area contributed by atoms with Gasteiger partial charge in [-0.15, -0.1) is 11.3 Å². The van der Waals surface area contributed by atoms with E-state index in [0.717, 1.165) is 30.6 Å². The molecule has 7 nitrogen and oxygen atoms in total. The minimum Gasteiger partial charge on any atom is -0.483 e. The molecule has 3 rings (SSSR count). The first-order valence-electron chi connectivity index (χ1n) is 10.7. The average Bonchev–Trinajstić information content (AvgIpc) is 3.30. The van der Waals surface area contributed by atoms with E-state index in [4.69, 9.17) is 4.74 Å². The van der Waals surface area contributed by atoms with Crippen LogP contribution < -0.4 is 9.64 Å². The number of benzene rings is 1. The number of nitrogens with zero attached hydrogens (tertiary/aromatic N) is 3. The summed E-state index contributed by atoms with van der Waals surface area (Å²) in [5.41, 5.74) is -4.00. The van der Waals surface area contributed by atoms with Crippen molar-refractivity contribution in [2.45, 2.75) is 38.2 Å². The number of thiazole rings is 1. The average molecular weight is 551 g/mol. The van der Waals surface area contributed by atoms with Gasteiger partial charge in [-0.3, -0.25) is 14.4 Å². The van der Waals surface area contributed by atoms with Gasteiger partial charge in [0.2, 0.25) is 5.78 Å². The molecule has 36 heavy (non-hydrogen) atoms. The fraction of sp³-hybridized carbons (Fsp3) is 0.455. The number of carbonyl (C=O) groups is 3. The predicted octanol–water partition coefficient (Wildman–Crippen LogP) is 4.06. The lowest BCUT2D eigenvalue weighted by Gasteiger charge is -2.35. The first-order valence-corrected chi connectivity index (χ1v) is 12.2. The minimum atomic E-state index is -4.55. The molecule has 2 heterocycles. The van der Waals surface area contributed by atoms with Crippen molar-refractivity contribution in [3.63, 3.8) is 0 Å². The number of rotatable bonds is 8. The first kappa shape index (κ1) is 27.9. The van der Waals surface area contributed by atoms with Crippen molar-refractivity contribution < 1.29 is 41.1 Å². The van der Waals surface area contributed by atoms with Crippen molar-refractivity contribution in [2.24, 2.45) is 0 Å². The van der Waals surface area contributed by atoms with E-state index in [2.05, 4.69) is 4.98 Å². The highest BCUT2D eigenvalue weighted by atomic mass is 32.1. The summed E-state index contributed by atoms with van der Waals surface area (Å²) in [5.74, 6) is -2.02. The SMILES string of the molecule is CC(=O)C(=O)Cc1ccc(OC(C)C(F)(F)P)c(C(=O)N2CCN(c3nc(C(F)(F)F)cs3)CC2)c1. The Balaban J connectivity index is 1.80. The summed E-state index contributed by atoms with van der Waals surface area (Å²) in [5, 5.41) is 1.10. The second-order valence-corrected chi connectivity index (χ2v) is 9.82. The molecule has 14 heteroatoms. The van der Waals surface area contributed by atoms with Crippen molar-refractivity contribution in [1.82, 2.24) is 9.88 Å². The van der Waals surface area contributed by atoms with E-state index in [-0.39, 0.29) is 49.0 Å². The number of carbonyl (C=O) groups excluding carboxylic acids is 3. The van der Waals surface area contributed by atoms with Gasteiger partial charge in [-0.2, -0.15) is 22.0 Å². The third-order valence-electron chi connectivity index (χ3n) is 5.50. The molecule has 2 atom stereocenters. The Morgan fingerprint density at radius 3 is 2.31 bits per heavy atom. The maximum atomic E-state index is 13.7. The molecule has 0 radical (unpaired) electrons. The molecule has 0 saturated carbocycles. The lowest BCUT2D eigenvalue weighted by Crippen LogP contribution is -2.49. The van der Waals surface area contributed by atoms with Gasteiger partial charge in [-0.05, 0) is 24.6 Å². The van der Waals surface area contributed by atoms with Crippen molar-refractivity contribution >= 4 is 43.2 Å². The summed E-state index contributed by atoms with van der Waals surface area (Å²) in [6.45, 7) is 2.92. The quantitative estimate of drug-likeness (QED) is 0.280. The molecule has 196 valence electrons. The molecule has 1 fully saturated rings. The zero-order chi connectivity index (χ0) is 26.8. The van der Waals surface area contributed by atoms with Crippen LogP contribution in [0.3, 0.4) is 0 Å². The lowest BCUT2D eigenvalue weighted by atomic mass is 10.0. The topological polar surface area (TPSA) is 79.8 Å². The molecular formula is C22H23F5N3O4PS. The summed E-state index contributed by atoms with van der Waals surface area (Å²) in [6, 6.07) is 4.04. The van der Waals surface area contributed by atoms with Crippen LogP contribution in [0.4, 0.5) is 27.1 Å². The number of alkyl halides is 5. The normalized spacial score (nSPS) is 15.6. The summed E-state index contributed by atoms with van der Waals surface area (Å²) in [7, 11) is 1.37. The Kier molecular flexibility index (Phi) is 8.34. The zero-order valence-electron chi connectivity index (χ0n) is 19.3. The Labute approximate surface area is 209 Å². The number of ether oxygens (including phenoxy) is 1. The largest absolute Gasteiger partial charge is 0.483 e. The van der Waals surface area contributed by atoms with E-state index in [9.17, 15) is 36.3 Å². The van der Waals surface area contributed by atoms with Gasteiger partial charge in [-0.1, -0.05) is 15.3 Å². The molecule has 0 aliphatic carbocycles. The number of halogens is 5. The molecule has 2 aromatic rings. The van der Waals surface area contributed by atoms with Gasteiger partial charge in [0.1, 0.15) is 5.75 Å². The first-order chi connectivity index (χ1) is 16.7. The van der Waals surface area contributed by atoms with E-state index in [1.807, 2.05) is 0 Å². The van der Waals surface area contributed by atoms with E-state index < -0.39 is 41.1 Å². The number of hydrogen-bond acceptors (Lipinski definition) is 7. The summed E-state index contributed by atoms with van der Waals surface area (Å²) in [4.78, 5) is 43.2. The molecule has 1 amide bonds. The van der Waals surface area contributed by atoms with E-state index in [0.29, 0.717) is 5.56 Å². The number of amides is 1. The number of hydrogen-bond donors (Lipinski definition) is 0. The molecule has 2 unspecified atom stereocenters. The highest BCUT2D eigenvalue weighted by Gasteiger charge is 2.36. The van der Waals surface area contributed by atoms with Crippen molar-refractivity contribution in [1.29, 1.82) is 0 Å². The molecule has 1 aliphatic heterocycles. The highest BCUT2D eigenvalue weighted by molar-refractivity contribution is 7.18. The number of anilines is 1. The van der Waals surface area contributed by atoms with Crippen LogP contribution in [0.2, 0.25) is 0 Å². The summed E-state index contributed by atoms with van der Waals surface area (Å²) < 4.78 is 71.3. The number of ketones is 2. The van der Waals surface area contributed by atoms with Gasteiger partial charge in [0.05, 0.1) is 5.56 Å². The van der Waals surface area contributed by atoms with Crippen molar-refractivity contribution in [3.05, 3.63) is 40.4 Å². The van der Waals surface area contributed by atoms with Gasteiger partial charge in [-0.25, -0.2) is 4.98 Å². The molecular weight excluding hydrogens is 528 g/mol. The predicted molar refractivity (Wildman–Crippen MR) is 126 cm³/mol. The van der Waals surface area contributed by atoms with Crippen LogP contribution in [-0.4, -0.2) is 65.3 Å². The standard InChI is InChI=1S/C22H23F5N3O4PS/c1-12(31)16(32)10-14-3-4-17(34-13(2)22(26,27)35)15(9-14)19(33)29-5-7-30(8-6-29)20-28-18(11-36-20)21(23,24)25/h3-4,9,11,13H,5-8,10,35H2,1-2H3. The molecule has 1 aliphatic rings. The van der Waals surface area contributed by atoms with Crippen LogP contribution in [0.25, 0.3) is 0 Å². The Bertz CT molecular complexity index is 1140. The van der Waals surface area contributed by atoms with E-state index in [1.54, 1.807) is 4.90 Å². The molecule has 1 saturated heterocycles. The van der Waals surface area contributed by atoms with Crippen LogP contribution in [0, 0.1) is 0 Å². The third kappa shape index (κ3) is 6.76. The maximum absolute atomic E-state index is 13.7. The second kappa shape index (κ2) is 10.8. The highest BCUT2D eigenvalue weighted by Crippen LogP contribution is 2.34. The molecule has 0 bridgehead atoms. The van der Waals surface area contributed by atoms with Gasteiger partial charge >= 0.3 is 6.18 Å². The summed E-state index contributed by atoms with van der Waals surface area (Å²) in [6.07, 6.45) is -6.42. The number of piperazine rings is 1. The van der Waals surface area contributed by atoms with Crippen molar-refractivity contribution in [3.8, 4) is 5.75 Å². The number of Topliss-reactive ketones (excluding diaryl/α,β-unsaturated/α-hetero) is 2. The van der Waals surface area contributed by atoms with Gasteiger partial charge in [0.15, 0.2) is 22.7 Å². The molecule has 1 aromatic heterocycles. The zero-order valence-corrected chi connectivity index (χ0v) is 21.2. The second-order valence-electron chi connectivity index (χ2n) is 8.21. The minimum absolute atomic E-state index is 0.0630. The third-order valence-corrected chi connectivity index (χ3v) is 6.87. The smallest absolute Gasteiger partial charge is 0.434 e. The number of aromatic nitrogens is 1. The fourth-order valence-electron chi connectivity index (χ4n) is 3.35. The van der Waals surface area contributed by atoms with E-state index in [1.165, 1.54) is 32.3 Å². The van der Waals surface area contributed by atoms with Crippen LogP contribution in [0.5, 0.6) is 5.75 Å². The van der Waals surface area contributed by atoms with Crippen LogP contribution in [-0.2, 0) is 22.2 Å². The molecule has 0 N–H and O–H groups in total. The lowest BCUT2D eigenvalue weighted by molar-refractivity contribution is -0.140. The molecule has 0 spiro atoms. The summed E-state index contributed by atoms with van der Waals surface area (Å²) >= 11 is 0.849. The fourth-order valence-corrected chi connectivity index (χ4v) is 4.30. The maximum Gasteiger partial charge on any atom is 0.434 e. The van der Waals surface area contributed by atoms with Gasteiger partial charge in [0, 0.05) is 44.9 Å².